The third-order valence-corrected chi connectivity index (χ3v) is 4.79. The van der Waals surface area contributed by atoms with Gasteiger partial charge in [-0.3, -0.25) is 0 Å². The van der Waals surface area contributed by atoms with E-state index in [0.29, 0.717) is 5.52 Å². The van der Waals surface area contributed by atoms with E-state index in [-0.39, 0.29) is 5.39 Å². The van der Waals surface area contributed by atoms with Crippen LogP contribution in [-0.2, 0) is 17.2 Å². The summed E-state index contributed by atoms with van der Waals surface area (Å²) in [7, 11) is -5.40. The third-order valence-electron chi connectivity index (χ3n) is 3.49. The third kappa shape index (κ3) is 3.08. The monoisotopic (exact) mass is 429 g/mol. The highest BCUT2D eigenvalue weighted by Crippen LogP contribution is 2.54. The van der Waals surface area contributed by atoms with Crippen LogP contribution in [-0.4, -0.2) is 36.3 Å². The minimum atomic E-state index is -7.34. The number of hydrogen-bond acceptors (Lipinski definition) is 3. The number of fused-ring (bicyclic) bond motifs is 1. The summed E-state index contributed by atoms with van der Waals surface area (Å²) in [4.78, 5) is 0. The molecule has 0 saturated heterocycles. The first-order valence-electron chi connectivity index (χ1n) is 6.65. The van der Waals surface area contributed by atoms with Gasteiger partial charge in [0.25, 0.3) is 0 Å². The van der Waals surface area contributed by atoms with E-state index in [1.54, 1.807) is 7.05 Å². The number of aryl methyl sites for hydroxylation is 1. The molecular weight excluding hydrogens is 421 g/mol. The lowest BCUT2D eigenvalue weighted by atomic mass is 10.1. The SMILES string of the molecule is Cn1ccc2cc(OS(=O)(=O)C(F)(F)C(F)(F)C(F)(F)C(F)(F)F)ccc21. The summed E-state index contributed by atoms with van der Waals surface area (Å²) in [5, 5.41) is -6.70. The molecule has 0 spiro atoms. The van der Waals surface area contributed by atoms with Crippen LogP contribution in [0.2, 0.25) is 0 Å². The molecule has 0 unspecified atom stereocenters. The van der Waals surface area contributed by atoms with Crippen molar-refractivity contribution < 1.29 is 52.1 Å². The average Bonchev–Trinajstić information content (AvgIpc) is 2.86. The molecule has 27 heavy (non-hydrogen) atoms. The van der Waals surface area contributed by atoms with E-state index in [0.717, 1.165) is 18.2 Å². The molecule has 4 nitrogen and oxygen atoms in total. The summed E-state index contributed by atoms with van der Waals surface area (Å²) < 4.78 is 143. The van der Waals surface area contributed by atoms with Crippen molar-refractivity contribution in [1.82, 2.24) is 4.57 Å². The minimum absolute atomic E-state index is 0.195. The maximum atomic E-state index is 13.6. The molecule has 1 aromatic carbocycles. The summed E-state index contributed by atoms with van der Waals surface area (Å²) in [5.74, 6) is -15.7. The van der Waals surface area contributed by atoms with E-state index in [9.17, 15) is 47.9 Å². The smallest absolute Gasteiger partial charge is 0.378 e. The van der Waals surface area contributed by atoms with Crippen molar-refractivity contribution in [3.8, 4) is 5.75 Å². The number of nitrogens with zero attached hydrogens (tertiary/aromatic N) is 1. The van der Waals surface area contributed by atoms with Gasteiger partial charge in [0.1, 0.15) is 5.75 Å². The molecule has 0 N–H and O–H groups in total. The van der Waals surface area contributed by atoms with Crippen LogP contribution in [0.25, 0.3) is 10.9 Å². The number of hydrogen-bond donors (Lipinski definition) is 0. The summed E-state index contributed by atoms with van der Waals surface area (Å²) in [6, 6.07) is 4.00. The van der Waals surface area contributed by atoms with Gasteiger partial charge in [-0.25, -0.2) is 0 Å². The van der Waals surface area contributed by atoms with Crippen molar-refractivity contribution in [3.63, 3.8) is 0 Å². The van der Waals surface area contributed by atoms with Gasteiger partial charge in [0.05, 0.1) is 0 Å². The van der Waals surface area contributed by atoms with Crippen LogP contribution in [0.1, 0.15) is 0 Å². The Balaban J connectivity index is 2.46. The zero-order valence-corrected chi connectivity index (χ0v) is 13.7. The fourth-order valence-electron chi connectivity index (χ4n) is 2.01. The van der Waals surface area contributed by atoms with Gasteiger partial charge < -0.3 is 8.75 Å². The zero-order chi connectivity index (χ0) is 21.1. The van der Waals surface area contributed by atoms with Crippen LogP contribution in [0.3, 0.4) is 0 Å². The Bertz CT molecular complexity index is 963. The van der Waals surface area contributed by atoms with Crippen molar-refractivity contribution in [2.45, 2.75) is 23.3 Å². The van der Waals surface area contributed by atoms with E-state index in [4.69, 9.17) is 0 Å². The van der Waals surface area contributed by atoms with E-state index in [2.05, 4.69) is 4.18 Å². The molecular formula is C13H8F9NO3S. The van der Waals surface area contributed by atoms with Crippen LogP contribution < -0.4 is 4.18 Å². The Hall–Kier alpha value is -2.12. The van der Waals surface area contributed by atoms with Gasteiger partial charge >= 0.3 is 33.4 Å². The van der Waals surface area contributed by atoms with Gasteiger partial charge in [0, 0.05) is 24.1 Å². The molecule has 1 heterocycles. The summed E-state index contributed by atoms with van der Waals surface area (Å²) in [6.45, 7) is 0. The fraction of sp³-hybridized carbons (Fsp3) is 0.385. The first-order valence-corrected chi connectivity index (χ1v) is 8.06. The number of benzene rings is 1. The van der Waals surface area contributed by atoms with E-state index < -0.39 is 39.1 Å². The van der Waals surface area contributed by atoms with E-state index in [1.807, 2.05) is 0 Å². The molecule has 0 aliphatic carbocycles. The first kappa shape index (κ1) is 21.2. The molecule has 0 aliphatic heterocycles. The zero-order valence-electron chi connectivity index (χ0n) is 12.9. The highest BCUT2D eigenvalue weighted by atomic mass is 32.2. The van der Waals surface area contributed by atoms with Gasteiger partial charge in [0.15, 0.2) is 0 Å². The molecule has 0 aliphatic rings. The van der Waals surface area contributed by atoms with Gasteiger partial charge in [-0.15, -0.1) is 0 Å². The molecule has 14 heteroatoms. The predicted octanol–water partition coefficient (Wildman–Crippen LogP) is 4.31. The van der Waals surface area contributed by atoms with Crippen LogP contribution in [0, 0.1) is 0 Å². The summed E-state index contributed by atoms with van der Waals surface area (Å²) in [5.41, 5.74) is 0.431. The van der Waals surface area contributed by atoms with Crippen molar-refractivity contribution in [2.24, 2.45) is 7.05 Å². The van der Waals surface area contributed by atoms with Gasteiger partial charge in [-0.1, -0.05) is 0 Å². The molecule has 0 fully saturated rings. The van der Waals surface area contributed by atoms with Crippen molar-refractivity contribution in [1.29, 1.82) is 0 Å². The topological polar surface area (TPSA) is 48.3 Å². The molecule has 2 aromatic rings. The summed E-state index contributed by atoms with van der Waals surface area (Å²) >= 11 is 0. The van der Waals surface area contributed by atoms with Crippen LogP contribution >= 0.6 is 0 Å². The molecule has 2 rings (SSSR count). The second kappa shape index (κ2) is 5.94. The number of rotatable bonds is 5. The van der Waals surface area contributed by atoms with Crippen molar-refractivity contribution in [3.05, 3.63) is 30.5 Å². The number of alkyl halides is 9. The Morgan fingerprint density at radius 2 is 1.44 bits per heavy atom. The maximum Gasteiger partial charge on any atom is 0.460 e. The molecule has 0 bridgehead atoms. The number of aromatic nitrogens is 1. The normalized spacial score (nSPS) is 14.6. The second-order valence-electron chi connectivity index (χ2n) is 5.35. The second-order valence-corrected chi connectivity index (χ2v) is 6.94. The highest BCUT2D eigenvalue weighted by Gasteiger charge is 2.86. The number of halogens is 9. The first-order chi connectivity index (χ1) is 12.0. The lowest BCUT2D eigenvalue weighted by Gasteiger charge is -2.32. The highest BCUT2D eigenvalue weighted by molar-refractivity contribution is 7.88. The maximum absolute atomic E-state index is 13.6. The fourth-order valence-corrected chi connectivity index (χ4v) is 2.91. The summed E-state index contributed by atoms with van der Waals surface area (Å²) in [6.07, 6.45) is -5.69. The van der Waals surface area contributed by atoms with Crippen molar-refractivity contribution >= 4 is 21.0 Å². The lowest BCUT2D eigenvalue weighted by Crippen LogP contribution is -2.63. The predicted molar refractivity (Wildman–Crippen MR) is 73.4 cm³/mol. The molecule has 0 amide bonds. The Morgan fingerprint density at radius 3 is 1.96 bits per heavy atom. The molecule has 1 aromatic heterocycles. The van der Waals surface area contributed by atoms with E-state index in [1.165, 1.54) is 16.8 Å². The molecule has 0 saturated carbocycles. The minimum Gasteiger partial charge on any atom is -0.378 e. The van der Waals surface area contributed by atoms with Gasteiger partial charge in [0.2, 0.25) is 0 Å². The molecule has 152 valence electrons. The largest absolute Gasteiger partial charge is 0.460 e. The van der Waals surface area contributed by atoms with Gasteiger partial charge in [-0.2, -0.15) is 47.9 Å². The van der Waals surface area contributed by atoms with Crippen LogP contribution in [0.4, 0.5) is 39.5 Å². The van der Waals surface area contributed by atoms with Crippen LogP contribution in [0.5, 0.6) is 5.75 Å². The standard InChI is InChI=1S/C13H8F9NO3S/c1-23-5-4-7-6-8(2-3-9(7)23)26-27(24,25)13(21,22)11(16,17)10(14,15)12(18,19)20/h2-6H,1H3. The Kier molecular flexibility index (Phi) is 4.66. The Morgan fingerprint density at radius 1 is 0.889 bits per heavy atom. The lowest BCUT2D eigenvalue weighted by molar-refractivity contribution is -0.382. The average molecular weight is 429 g/mol. The molecule has 0 radical (unpaired) electrons. The van der Waals surface area contributed by atoms with Crippen molar-refractivity contribution in [2.75, 3.05) is 0 Å². The quantitative estimate of drug-likeness (QED) is 0.526. The van der Waals surface area contributed by atoms with E-state index >= 15 is 0 Å². The van der Waals surface area contributed by atoms with Crippen LogP contribution in [0.15, 0.2) is 30.5 Å². The molecule has 0 atom stereocenters. The Labute approximate surface area is 145 Å². The van der Waals surface area contributed by atoms with Gasteiger partial charge in [-0.05, 0) is 24.3 Å².